The van der Waals surface area contributed by atoms with Crippen LogP contribution >= 0.6 is 0 Å². The Balaban J connectivity index is 1.96. The van der Waals surface area contributed by atoms with Crippen LogP contribution in [-0.2, 0) is 0 Å². The Morgan fingerprint density at radius 1 is 1.00 bits per heavy atom. The highest BCUT2D eigenvalue weighted by Gasteiger charge is 2.44. The zero-order valence-electron chi connectivity index (χ0n) is 20.7. The molecule has 7 nitrogen and oxygen atoms in total. The first kappa shape index (κ1) is 23.8. The lowest BCUT2D eigenvalue weighted by atomic mass is 9.96. The van der Waals surface area contributed by atoms with Crippen LogP contribution in [0.3, 0.4) is 0 Å². The number of benzene rings is 2. The number of amides is 1. The maximum absolute atomic E-state index is 13.8. The number of rotatable bonds is 8. The van der Waals surface area contributed by atoms with Crippen molar-refractivity contribution in [1.82, 2.24) is 9.80 Å². The monoisotopic (exact) mass is 464 g/mol. The summed E-state index contributed by atoms with van der Waals surface area (Å²) in [6, 6.07) is 8.48. The van der Waals surface area contributed by atoms with Crippen molar-refractivity contribution in [2.24, 2.45) is 0 Å². The fraction of sp³-hybridized carbons (Fsp3) is 0.407. The molecule has 1 aromatic heterocycles. The number of hydrogen-bond acceptors (Lipinski definition) is 6. The maximum atomic E-state index is 13.8. The van der Waals surface area contributed by atoms with Gasteiger partial charge in [-0.2, -0.15) is 0 Å². The van der Waals surface area contributed by atoms with Crippen molar-refractivity contribution >= 4 is 16.9 Å². The molecule has 2 aromatic carbocycles. The first-order valence-electron chi connectivity index (χ1n) is 11.7. The van der Waals surface area contributed by atoms with E-state index in [0.717, 1.165) is 24.2 Å². The topological polar surface area (TPSA) is 72.2 Å². The number of carbonyl (C=O) groups excluding carboxylic acids is 1. The van der Waals surface area contributed by atoms with Crippen molar-refractivity contribution in [2.75, 3.05) is 40.4 Å². The fourth-order valence-electron chi connectivity index (χ4n) is 4.67. The number of aryl methyl sites for hydroxylation is 2. The first-order chi connectivity index (χ1) is 16.3. The molecule has 0 aliphatic carbocycles. The van der Waals surface area contributed by atoms with E-state index in [1.165, 1.54) is 0 Å². The lowest BCUT2D eigenvalue weighted by Crippen LogP contribution is -2.38. The average molecular weight is 465 g/mol. The molecule has 1 aliphatic rings. The molecule has 34 heavy (non-hydrogen) atoms. The van der Waals surface area contributed by atoms with Crippen molar-refractivity contribution < 1.29 is 18.7 Å². The average Bonchev–Trinajstić information content (AvgIpc) is 3.12. The molecule has 0 radical (unpaired) electrons. The van der Waals surface area contributed by atoms with Gasteiger partial charge in [0, 0.05) is 18.7 Å². The third kappa shape index (κ3) is 3.94. The SMILES string of the molecule is CCN(CC)CCN1C(=O)c2oc3cc(C)c(C)cc3c(=O)c2C1c1cc(OC)ccc1OC. The Hall–Kier alpha value is -3.32. The summed E-state index contributed by atoms with van der Waals surface area (Å²) in [5.74, 6) is 1.03. The van der Waals surface area contributed by atoms with Crippen LogP contribution in [-0.4, -0.2) is 56.1 Å². The molecule has 180 valence electrons. The molecule has 0 bridgehead atoms. The zero-order valence-corrected chi connectivity index (χ0v) is 20.7. The number of nitrogens with zero attached hydrogens (tertiary/aromatic N) is 2. The van der Waals surface area contributed by atoms with E-state index in [0.29, 0.717) is 46.7 Å². The quantitative estimate of drug-likeness (QED) is 0.495. The van der Waals surface area contributed by atoms with Gasteiger partial charge in [-0.25, -0.2) is 0 Å². The van der Waals surface area contributed by atoms with Crippen molar-refractivity contribution in [3.05, 3.63) is 68.6 Å². The summed E-state index contributed by atoms with van der Waals surface area (Å²) in [6.45, 7) is 11.0. The summed E-state index contributed by atoms with van der Waals surface area (Å²) in [5, 5.41) is 0.479. The van der Waals surface area contributed by atoms with Crippen LogP contribution in [0.25, 0.3) is 11.0 Å². The predicted octanol–water partition coefficient (Wildman–Crippen LogP) is 4.31. The third-order valence-corrected chi connectivity index (χ3v) is 6.87. The highest BCUT2D eigenvalue weighted by atomic mass is 16.5. The molecule has 3 aromatic rings. The number of ether oxygens (including phenoxy) is 2. The van der Waals surface area contributed by atoms with Gasteiger partial charge in [0.25, 0.3) is 5.91 Å². The molecule has 1 unspecified atom stereocenters. The summed E-state index contributed by atoms with van der Waals surface area (Å²) in [4.78, 5) is 31.5. The van der Waals surface area contributed by atoms with Gasteiger partial charge in [-0.3, -0.25) is 9.59 Å². The molecule has 0 N–H and O–H groups in total. The summed E-state index contributed by atoms with van der Waals surface area (Å²) in [7, 11) is 3.17. The highest BCUT2D eigenvalue weighted by molar-refractivity contribution is 5.99. The Kier molecular flexibility index (Phi) is 6.66. The smallest absolute Gasteiger partial charge is 0.290 e. The number of hydrogen-bond donors (Lipinski definition) is 0. The minimum Gasteiger partial charge on any atom is -0.497 e. The summed E-state index contributed by atoms with van der Waals surface area (Å²) < 4.78 is 17.2. The van der Waals surface area contributed by atoms with Gasteiger partial charge in [0.2, 0.25) is 5.76 Å². The lowest BCUT2D eigenvalue weighted by Gasteiger charge is -2.29. The number of methoxy groups -OCH3 is 2. The third-order valence-electron chi connectivity index (χ3n) is 6.87. The van der Waals surface area contributed by atoms with Crippen molar-refractivity contribution in [2.45, 2.75) is 33.7 Å². The molecule has 1 aliphatic heterocycles. The molecule has 1 amide bonds. The van der Waals surface area contributed by atoms with Crippen LogP contribution in [0.2, 0.25) is 0 Å². The van der Waals surface area contributed by atoms with Gasteiger partial charge < -0.3 is 23.7 Å². The molecular weight excluding hydrogens is 432 g/mol. The van der Waals surface area contributed by atoms with Gasteiger partial charge in [-0.15, -0.1) is 0 Å². The molecule has 4 rings (SSSR count). The standard InChI is InChI=1S/C27H32N2O5/c1-7-28(8-2)11-12-29-24(19-15-18(32-5)9-10-21(19)33-6)23-25(30)20-13-16(3)17(4)14-22(20)34-26(23)27(29)31/h9-10,13-15,24H,7-8,11-12H2,1-6H3. The van der Waals surface area contributed by atoms with Gasteiger partial charge in [-0.05, 0) is 68.4 Å². The van der Waals surface area contributed by atoms with E-state index < -0.39 is 6.04 Å². The predicted molar refractivity (Wildman–Crippen MR) is 132 cm³/mol. The van der Waals surface area contributed by atoms with Crippen LogP contribution in [0, 0.1) is 13.8 Å². The van der Waals surface area contributed by atoms with E-state index in [2.05, 4.69) is 18.7 Å². The lowest BCUT2D eigenvalue weighted by molar-refractivity contribution is 0.0706. The number of likely N-dealkylation sites (N-methyl/N-ethyl adjacent to an activating group) is 1. The molecule has 2 heterocycles. The highest BCUT2D eigenvalue weighted by Crippen LogP contribution is 2.42. The Morgan fingerprint density at radius 2 is 1.71 bits per heavy atom. The maximum Gasteiger partial charge on any atom is 0.290 e. The Morgan fingerprint density at radius 3 is 2.35 bits per heavy atom. The fourth-order valence-corrected chi connectivity index (χ4v) is 4.67. The molecule has 0 saturated heterocycles. The minimum absolute atomic E-state index is 0.107. The number of carbonyl (C=O) groups is 1. The van der Waals surface area contributed by atoms with Crippen molar-refractivity contribution in [3.63, 3.8) is 0 Å². The normalized spacial score (nSPS) is 15.3. The second-order valence-electron chi connectivity index (χ2n) is 8.64. The second kappa shape index (κ2) is 9.50. The summed E-state index contributed by atoms with van der Waals surface area (Å²) in [6.07, 6.45) is 0. The number of fused-ring (bicyclic) bond motifs is 2. The van der Waals surface area contributed by atoms with E-state index in [1.807, 2.05) is 32.0 Å². The van der Waals surface area contributed by atoms with E-state index in [4.69, 9.17) is 13.9 Å². The van der Waals surface area contributed by atoms with E-state index in [9.17, 15) is 9.59 Å². The second-order valence-corrected chi connectivity index (χ2v) is 8.64. The van der Waals surface area contributed by atoms with Crippen LogP contribution in [0.15, 0.2) is 39.5 Å². The van der Waals surface area contributed by atoms with Crippen LogP contribution < -0.4 is 14.9 Å². The van der Waals surface area contributed by atoms with Crippen molar-refractivity contribution in [1.29, 1.82) is 0 Å². The molecule has 0 saturated carbocycles. The van der Waals surface area contributed by atoms with Gasteiger partial charge in [0.1, 0.15) is 17.1 Å². The molecule has 0 spiro atoms. The van der Waals surface area contributed by atoms with Crippen LogP contribution in [0.1, 0.15) is 52.7 Å². The van der Waals surface area contributed by atoms with Gasteiger partial charge in [0.15, 0.2) is 5.43 Å². The van der Waals surface area contributed by atoms with Crippen LogP contribution in [0.5, 0.6) is 11.5 Å². The van der Waals surface area contributed by atoms with E-state index in [-0.39, 0.29) is 17.1 Å². The summed E-state index contributed by atoms with van der Waals surface area (Å²) in [5.41, 5.74) is 3.30. The zero-order chi connectivity index (χ0) is 24.6. The first-order valence-corrected chi connectivity index (χ1v) is 11.7. The largest absolute Gasteiger partial charge is 0.497 e. The van der Waals surface area contributed by atoms with Gasteiger partial charge in [-0.1, -0.05) is 13.8 Å². The summed E-state index contributed by atoms with van der Waals surface area (Å²) >= 11 is 0. The Bertz CT molecular complexity index is 1290. The van der Waals surface area contributed by atoms with Crippen LogP contribution in [0.4, 0.5) is 0 Å². The van der Waals surface area contributed by atoms with E-state index >= 15 is 0 Å². The van der Waals surface area contributed by atoms with E-state index in [1.54, 1.807) is 31.3 Å². The minimum atomic E-state index is -0.634. The molecule has 1 atom stereocenters. The molecule has 7 heteroatoms. The molecule has 0 fully saturated rings. The Labute approximate surface area is 199 Å². The van der Waals surface area contributed by atoms with Gasteiger partial charge >= 0.3 is 0 Å². The molecular formula is C27H32N2O5. The van der Waals surface area contributed by atoms with Crippen molar-refractivity contribution in [3.8, 4) is 11.5 Å². The van der Waals surface area contributed by atoms with Gasteiger partial charge in [0.05, 0.1) is 31.2 Å².